The van der Waals surface area contributed by atoms with E-state index in [1.165, 1.54) is 0 Å². The van der Waals surface area contributed by atoms with Crippen molar-refractivity contribution in [3.63, 3.8) is 0 Å². The molecule has 0 bridgehead atoms. The molecule has 32 heavy (non-hydrogen) atoms. The molecule has 0 radical (unpaired) electrons. The summed E-state index contributed by atoms with van der Waals surface area (Å²) in [5.74, 6) is 2.66. The Labute approximate surface area is 206 Å². The molecule has 0 aliphatic carbocycles. The number of methoxy groups -OCH3 is 1. The minimum atomic E-state index is 0.431. The van der Waals surface area contributed by atoms with E-state index in [2.05, 4.69) is 82.7 Å². The van der Waals surface area contributed by atoms with E-state index in [4.69, 9.17) is 14.7 Å². The van der Waals surface area contributed by atoms with Gasteiger partial charge in [0.15, 0.2) is 0 Å². The minimum Gasteiger partial charge on any atom is -0.496 e. The number of hydrogen-bond acceptors (Lipinski definition) is 7. The molecule has 2 saturated heterocycles. The third-order valence-electron chi connectivity index (χ3n) is 7.04. The summed E-state index contributed by atoms with van der Waals surface area (Å²) < 4.78 is 6.68. The summed E-state index contributed by atoms with van der Waals surface area (Å²) in [6.07, 6.45) is 4.55. The summed E-state index contributed by atoms with van der Waals surface area (Å²) in [6, 6.07) is 5.89. The maximum atomic E-state index is 5.61. The van der Waals surface area contributed by atoms with Crippen LogP contribution >= 0.6 is 22.6 Å². The number of ether oxygens (including phenoxy) is 1. The Morgan fingerprint density at radius 1 is 1.06 bits per heavy atom. The topological polar surface area (TPSA) is 56.8 Å². The van der Waals surface area contributed by atoms with Crippen LogP contribution in [0.3, 0.4) is 0 Å². The van der Waals surface area contributed by atoms with Gasteiger partial charge < -0.3 is 24.8 Å². The number of likely N-dealkylation sites (tertiary alicyclic amines) is 1. The molecule has 2 aliphatic rings. The molecule has 7 nitrogen and oxygen atoms in total. The summed E-state index contributed by atoms with van der Waals surface area (Å²) in [5, 5.41) is 4.83. The van der Waals surface area contributed by atoms with Gasteiger partial charge in [0.1, 0.15) is 11.6 Å². The van der Waals surface area contributed by atoms with Gasteiger partial charge in [-0.25, -0.2) is 4.98 Å². The van der Waals surface area contributed by atoms with E-state index in [1.54, 1.807) is 7.11 Å². The summed E-state index contributed by atoms with van der Waals surface area (Å²) >= 11 is 2.33. The van der Waals surface area contributed by atoms with Gasteiger partial charge in [0.25, 0.3) is 0 Å². The molecule has 2 aromatic rings. The summed E-state index contributed by atoms with van der Waals surface area (Å²) in [5.41, 5.74) is 0.983. The Balaban J connectivity index is 1.62. The van der Waals surface area contributed by atoms with Crippen molar-refractivity contribution in [2.45, 2.75) is 57.7 Å². The fourth-order valence-electron chi connectivity index (χ4n) is 4.86. The van der Waals surface area contributed by atoms with Gasteiger partial charge in [0, 0.05) is 49.7 Å². The predicted octanol–water partition coefficient (Wildman–Crippen LogP) is 4.06. The number of anilines is 2. The molecule has 0 spiro atoms. The highest BCUT2D eigenvalue weighted by atomic mass is 127. The lowest BCUT2D eigenvalue weighted by atomic mass is 10.0. The maximum absolute atomic E-state index is 5.61. The Kier molecular flexibility index (Phi) is 7.62. The second kappa shape index (κ2) is 10.3. The molecule has 1 aromatic carbocycles. The Morgan fingerprint density at radius 2 is 1.75 bits per heavy atom. The first-order valence-electron chi connectivity index (χ1n) is 11.8. The Bertz CT molecular complexity index is 920. The van der Waals surface area contributed by atoms with Crippen molar-refractivity contribution in [3.8, 4) is 5.75 Å². The normalized spacial score (nSPS) is 19.3. The standard InChI is InChI=1S/C24H37IN6O/c1-16(2)30-10-6-17(7-11-30)26-23-19-14-22(32-5)20(25)15-21(19)27-24(28-23)31-12-8-18(9-13-31)29(3)4/h14-18H,6-13H2,1-5H3,(H,26,27,28). The molecular formula is C24H37IN6O. The van der Waals surface area contributed by atoms with Gasteiger partial charge in [-0.05, 0) is 88.3 Å². The van der Waals surface area contributed by atoms with E-state index in [-0.39, 0.29) is 0 Å². The van der Waals surface area contributed by atoms with Crippen molar-refractivity contribution < 1.29 is 4.74 Å². The van der Waals surface area contributed by atoms with E-state index in [0.29, 0.717) is 18.1 Å². The van der Waals surface area contributed by atoms with Gasteiger partial charge in [-0.1, -0.05) is 0 Å². The summed E-state index contributed by atoms with van der Waals surface area (Å²) in [6.45, 7) is 8.81. The molecule has 1 aromatic heterocycles. The highest BCUT2D eigenvalue weighted by Crippen LogP contribution is 2.33. The summed E-state index contributed by atoms with van der Waals surface area (Å²) in [4.78, 5) is 17.3. The Morgan fingerprint density at radius 3 is 2.34 bits per heavy atom. The minimum absolute atomic E-state index is 0.431. The third-order valence-corrected chi connectivity index (χ3v) is 7.88. The molecule has 0 atom stereocenters. The SMILES string of the molecule is COc1cc2c(NC3CCN(C(C)C)CC3)nc(N3CCC(N(C)C)CC3)nc2cc1I. The molecule has 2 fully saturated rings. The van der Waals surface area contributed by atoms with Crippen LogP contribution in [0.25, 0.3) is 10.9 Å². The fraction of sp³-hybridized carbons (Fsp3) is 0.667. The molecular weight excluding hydrogens is 515 g/mol. The summed E-state index contributed by atoms with van der Waals surface area (Å²) in [7, 11) is 6.08. The van der Waals surface area contributed by atoms with Crippen LogP contribution in [0.1, 0.15) is 39.5 Å². The number of nitrogens with one attached hydrogen (secondary N) is 1. The maximum Gasteiger partial charge on any atom is 0.227 e. The van der Waals surface area contributed by atoms with Crippen molar-refractivity contribution in [2.24, 2.45) is 0 Å². The molecule has 3 heterocycles. The van der Waals surface area contributed by atoms with E-state index >= 15 is 0 Å². The monoisotopic (exact) mass is 552 g/mol. The lowest BCUT2D eigenvalue weighted by molar-refractivity contribution is 0.177. The van der Waals surface area contributed by atoms with E-state index in [9.17, 15) is 0 Å². The van der Waals surface area contributed by atoms with Crippen LogP contribution in [-0.4, -0.2) is 85.3 Å². The molecule has 0 unspecified atom stereocenters. The lowest BCUT2D eigenvalue weighted by Crippen LogP contribution is -2.43. The number of aromatic nitrogens is 2. The predicted molar refractivity (Wildman–Crippen MR) is 141 cm³/mol. The highest BCUT2D eigenvalue weighted by molar-refractivity contribution is 14.1. The van der Waals surface area contributed by atoms with Crippen LogP contribution < -0.4 is 15.0 Å². The average Bonchev–Trinajstić information content (AvgIpc) is 2.79. The van der Waals surface area contributed by atoms with Crippen molar-refractivity contribution >= 4 is 45.3 Å². The van der Waals surface area contributed by atoms with Crippen LogP contribution in [0.4, 0.5) is 11.8 Å². The van der Waals surface area contributed by atoms with Gasteiger partial charge in [-0.2, -0.15) is 4.98 Å². The van der Waals surface area contributed by atoms with Crippen LogP contribution in [0.2, 0.25) is 0 Å². The van der Waals surface area contributed by atoms with Gasteiger partial charge in [-0.15, -0.1) is 0 Å². The quantitative estimate of drug-likeness (QED) is 0.543. The van der Waals surface area contributed by atoms with Gasteiger partial charge in [-0.3, -0.25) is 0 Å². The van der Waals surface area contributed by atoms with Crippen molar-refractivity contribution in [1.29, 1.82) is 0 Å². The number of halogens is 1. The van der Waals surface area contributed by atoms with E-state index in [1.807, 2.05) is 0 Å². The number of hydrogen-bond donors (Lipinski definition) is 1. The van der Waals surface area contributed by atoms with Crippen LogP contribution in [0.15, 0.2) is 12.1 Å². The van der Waals surface area contributed by atoms with E-state index in [0.717, 1.165) is 83.9 Å². The first-order chi connectivity index (χ1) is 15.4. The lowest BCUT2D eigenvalue weighted by Gasteiger charge is -2.36. The van der Waals surface area contributed by atoms with Crippen LogP contribution in [0.5, 0.6) is 5.75 Å². The van der Waals surface area contributed by atoms with Crippen molar-refractivity contribution in [3.05, 3.63) is 15.7 Å². The molecule has 176 valence electrons. The van der Waals surface area contributed by atoms with Gasteiger partial charge >= 0.3 is 0 Å². The van der Waals surface area contributed by atoms with Gasteiger partial charge in [0.2, 0.25) is 5.95 Å². The van der Waals surface area contributed by atoms with Crippen molar-refractivity contribution in [2.75, 3.05) is 57.6 Å². The number of rotatable bonds is 6. The zero-order valence-electron chi connectivity index (χ0n) is 20.1. The zero-order valence-corrected chi connectivity index (χ0v) is 22.2. The average molecular weight is 553 g/mol. The molecule has 0 saturated carbocycles. The Hall–Kier alpha value is -1.39. The molecule has 2 aliphatic heterocycles. The first kappa shape index (κ1) is 23.8. The van der Waals surface area contributed by atoms with Crippen LogP contribution in [-0.2, 0) is 0 Å². The number of nitrogens with zero attached hydrogens (tertiary/aromatic N) is 5. The smallest absolute Gasteiger partial charge is 0.227 e. The zero-order chi connectivity index (χ0) is 22.8. The van der Waals surface area contributed by atoms with Crippen LogP contribution in [0, 0.1) is 3.57 Å². The first-order valence-corrected chi connectivity index (χ1v) is 12.9. The fourth-order valence-corrected chi connectivity index (χ4v) is 5.53. The number of fused-ring (bicyclic) bond motifs is 1. The van der Waals surface area contributed by atoms with E-state index < -0.39 is 0 Å². The number of piperidine rings is 2. The molecule has 8 heteroatoms. The molecule has 0 amide bonds. The molecule has 4 rings (SSSR count). The van der Waals surface area contributed by atoms with Gasteiger partial charge in [0.05, 0.1) is 16.2 Å². The third kappa shape index (κ3) is 5.22. The second-order valence-corrected chi connectivity index (χ2v) is 10.8. The van der Waals surface area contributed by atoms with Crippen molar-refractivity contribution in [1.82, 2.24) is 19.8 Å². The highest BCUT2D eigenvalue weighted by Gasteiger charge is 2.25. The second-order valence-electron chi connectivity index (χ2n) is 9.61. The largest absolute Gasteiger partial charge is 0.496 e. The molecule has 1 N–H and O–H groups in total. The number of benzene rings is 1.